The van der Waals surface area contributed by atoms with Crippen molar-refractivity contribution in [2.75, 3.05) is 19.8 Å². The number of aldehydes is 1. The van der Waals surface area contributed by atoms with Crippen LogP contribution in [0.1, 0.15) is 0 Å². The molecule has 11 N–H and O–H groups in total. The monoisotopic (exact) mass is 504 g/mol. The van der Waals surface area contributed by atoms with E-state index in [-0.39, 0.29) is 6.29 Å². The number of hydrogen-bond donors (Lipinski definition) is 11. The Kier molecular flexibility index (Phi) is 11.1. The van der Waals surface area contributed by atoms with Crippen molar-refractivity contribution in [2.24, 2.45) is 0 Å². The molecule has 2 aliphatic heterocycles. The van der Waals surface area contributed by atoms with Gasteiger partial charge >= 0.3 is 0 Å². The molecule has 0 unspecified atom stereocenters. The topological polar surface area (TPSA) is 277 Å². The first kappa shape index (κ1) is 29.3. The molecule has 0 aromatic rings. The van der Waals surface area contributed by atoms with Crippen molar-refractivity contribution in [2.45, 2.75) is 85.8 Å². The van der Waals surface area contributed by atoms with Gasteiger partial charge in [0.25, 0.3) is 0 Å². The first-order valence-electron chi connectivity index (χ1n) is 10.4. The van der Waals surface area contributed by atoms with Gasteiger partial charge in [0.1, 0.15) is 73.2 Å². The lowest BCUT2D eigenvalue weighted by Crippen LogP contribution is -2.65. The van der Waals surface area contributed by atoms with Gasteiger partial charge in [-0.2, -0.15) is 0 Å². The van der Waals surface area contributed by atoms with E-state index in [0.29, 0.717) is 0 Å². The molecule has 16 nitrogen and oxygen atoms in total. The number of aliphatic hydroxyl groups is 11. The fourth-order valence-corrected chi connectivity index (χ4v) is 3.58. The predicted molar refractivity (Wildman–Crippen MR) is 102 cm³/mol. The number of aliphatic hydroxyl groups excluding tert-OH is 11. The Morgan fingerprint density at radius 1 is 0.765 bits per heavy atom. The molecular weight excluding hydrogens is 472 g/mol. The molecule has 0 aromatic heterocycles. The summed E-state index contributed by atoms with van der Waals surface area (Å²) in [6, 6.07) is 0. The van der Waals surface area contributed by atoms with Gasteiger partial charge in [-0.3, -0.25) is 0 Å². The Labute approximate surface area is 192 Å². The van der Waals surface area contributed by atoms with E-state index in [0.717, 1.165) is 0 Å². The van der Waals surface area contributed by atoms with Crippen LogP contribution in [-0.4, -0.2) is 168 Å². The molecule has 16 heteroatoms. The highest BCUT2D eigenvalue weighted by Gasteiger charge is 2.52. The van der Waals surface area contributed by atoms with Crippen LogP contribution >= 0.6 is 0 Å². The van der Waals surface area contributed by atoms with Crippen LogP contribution in [-0.2, 0) is 23.7 Å². The van der Waals surface area contributed by atoms with Crippen LogP contribution in [0.2, 0.25) is 0 Å². The Hall–Kier alpha value is -0.930. The van der Waals surface area contributed by atoms with Gasteiger partial charge in [-0.05, 0) is 0 Å². The first-order valence-corrected chi connectivity index (χ1v) is 10.4. The third kappa shape index (κ3) is 6.25. The second kappa shape index (κ2) is 12.9. The highest BCUT2D eigenvalue weighted by molar-refractivity contribution is 5.56. The molecule has 0 aliphatic carbocycles. The van der Waals surface area contributed by atoms with E-state index < -0.39 is 106 Å². The maximum absolute atomic E-state index is 11.0. The molecule has 34 heavy (non-hydrogen) atoms. The van der Waals surface area contributed by atoms with E-state index in [4.69, 9.17) is 24.1 Å². The average Bonchev–Trinajstić information content (AvgIpc) is 2.84. The van der Waals surface area contributed by atoms with Gasteiger partial charge in [0.15, 0.2) is 18.9 Å². The van der Waals surface area contributed by atoms with E-state index in [9.17, 15) is 55.9 Å². The van der Waals surface area contributed by atoms with E-state index in [1.807, 2.05) is 0 Å². The third-order valence-corrected chi connectivity index (χ3v) is 5.65. The maximum atomic E-state index is 11.0. The number of carbonyl (C=O) groups excluding carboxylic acids is 1. The molecule has 0 radical (unpaired) electrons. The Morgan fingerprint density at radius 3 is 1.85 bits per heavy atom. The average molecular weight is 504 g/mol. The summed E-state index contributed by atoms with van der Waals surface area (Å²) in [5.41, 5.74) is 0. The molecule has 200 valence electrons. The van der Waals surface area contributed by atoms with Gasteiger partial charge in [-0.25, -0.2) is 0 Å². The largest absolute Gasteiger partial charge is 0.394 e. The van der Waals surface area contributed by atoms with Gasteiger partial charge in [0.2, 0.25) is 0 Å². The molecule has 0 bridgehead atoms. The van der Waals surface area contributed by atoms with Crippen LogP contribution < -0.4 is 0 Å². The highest BCUT2D eigenvalue weighted by atomic mass is 16.7. The third-order valence-electron chi connectivity index (χ3n) is 5.65. The summed E-state index contributed by atoms with van der Waals surface area (Å²) in [5.74, 6) is 0. The molecule has 2 saturated heterocycles. The zero-order valence-electron chi connectivity index (χ0n) is 17.7. The van der Waals surface area contributed by atoms with Crippen molar-refractivity contribution in [3.8, 4) is 0 Å². The van der Waals surface area contributed by atoms with Crippen LogP contribution in [0.5, 0.6) is 0 Å². The van der Waals surface area contributed by atoms with E-state index >= 15 is 0 Å². The van der Waals surface area contributed by atoms with Crippen LogP contribution in [0.4, 0.5) is 0 Å². The van der Waals surface area contributed by atoms with Crippen LogP contribution in [0.15, 0.2) is 0 Å². The fraction of sp³-hybridized carbons (Fsp3) is 0.944. The molecule has 14 atom stereocenters. The SMILES string of the molecule is O=C[C@H](O)[C@@H](O[C@@H]1O[C@H](CO)[C@@H](O)[C@H](O[C@@H]2O[C@H](CO)[C@@H](O)[C@H](O)[C@H]2O)[C@H]1O)[C@H](O)[C@H](O)CO. The Bertz CT molecular complexity index is 623. The van der Waals surface area contributed by atoms with Crippen molar-refractivity contribution in [3.63, 3.8) is 0 Å². The minimum Gasteiger partial charge on any atom is -0.394 e. The summed E-state index contributed by atoms with van der Waals surface area (Å²) < 4.78 is 21.0. The second-order valence-electron chi connectivity index (χ2n) is 7.97. The molecule has 0 spiro atoms. The van der Waals surface area contributed by atoms with Gasteiger partial charge in [-0.15, -0.1) is 0 Å². The Balaban J connectivity index is 2.25. The minimum atomic E-state index is -2.07. The molecular formula is C18H32O16. The van der Waals surface area contributed by atoms with Crippen LogP contribution in [0.25, 0.3) is 0 Å². The quantitative estimate of drug-likeness (QED) is 0.117. The number of hydrogen-bond acceptors (Lipinski definition) is 16. The normalized spacial score (nSPS) is 42.6. The van der Waals surface area contributed by atoms with Gasteiger partial charge in [0, 0.05) is 0 Å². The van der Waals surface area contributed by atoms with Crippen molar-refractivity contribution in [1.82, 2.24) is 0 Å². The first-order chi connectivity index (χ1) is 16.0. The summed E-state index contributed by atoms with van der Waals surface area (Å²) in [6.45, 7) is -2.64. The van der Waals surface area contributed by atoms with E-state index in [1.165, 1.54) is 0 Å². The van der Waals surface area contributed by atoms with E-state index in [2.05, 4.69) is 0 Å². The predicted octanol–water partition coefficient (Wildman–Crippen LogP) is -7.73. The lowest BCUT2D eigenvalue weighted by Gasteiger charge is -2.46. The lowest BCUT2D eigenvalue weighted by atomic mass is 9.96. The molecule has 2 fully saturated rings. The van der Waals surface area contributed by atoms with Crippen LogP contribution in [0, 0.1) is 0 Å². The van der Waals surface area contributed by atoms with Crippen molar-refractivity contribution in [3.05, 3.63) is 0 Å². The fourth-order valence-electron chi connectivity index (χ4n) is 3.58. The zero-order valence-corrected chi connectivity index (χ0v) is 17.7. The maximum Gasteiger partial charge on any atom is 0.187 e. The minimum absolute atomic E-state index is 0.0620. The summed E-state index contributed by atoms with van der Waals surface area (Å²) >= 11 is 0. The molecule has 2 aliphatic rings. The summed E-state index contributed by atoms with van der Waals surface area (Å²) in [6.07, 6.45) is -25.7. The van der Waals surface area contributed by atoms with Crippen LogP contribution in [0.3, 0.4) is 0 Å². The number of ether oxygens (including phenoxy) is 4. The molecule has 2 rings (SSSR count). The molecule has 2 heterocycles. The van der Waals surface area contributed by atoms with Crippen molar-refractivity contribution in [1.29, 1.82) is 0 Å². The summed E-state index contributed by atoms with van der Waals surface area (Å²) in [5, 5.41) is 108. The van der Waals surface area contributed by atoms with Gasteiger partial charge in [-0.1, -0.05) is 0 Å². The summed E-state index contributed by atoms with van der Waals surface area (Å²) in [7, 11) is 0. The number of carbonyl (C=O) groups is 1. The molecule has 0 aromatic carbocycles. The number of rotatable bonds is 11. The zero-order chi connectivity index (χ0) is 25.7. The van der Waals surface area contributed by atoms with Crippen molar-refractivity contribution < 1.29 is 79.9 Å². The Morgan fingerprint density at radius 2 is 1.32 bits per heavy atom. The summed E-state index contributed by atoms with van der Waals surface area (Å²) in [4.78, 5) is 11.0. The molecule has 0 saturated carbocycles. The van der Waals surface area contributed by atoms with Gasteiger partial charge < -0.3 is 79.9 Å². The van der Waals surface area contributed by atoms with Gasteiger partial charge in [0.05, 0.1) is 19.8 Å². The second-order valence-corrected chi connectivity index (χ2v) is 7.97. The van der Waals surface area contributed by atoms with E-state index in [1.54, 1.807) is 0 Å². The highest BCUT2D eigenvalue weighted by Crippen LogP contribution is 2.30. The standard InChI is InChI=1S/C18H32O16/c19-1-5(23)9(25)15(6(24)2-20)33-18-14(30)16(11(27)8(4-22)32-18)34-17-13(29)12(28)10(26)7(3-21)31-17/h2,5-19,21-30H,1,3-4H2/t5-,6+,7-,8-,9-,10-,11-,12+,13-,14-,15-,16+,17+,18+/m1/s1. The smallest absolute Gasteiger partial charge is 0.187 e. The lowest BCUT2D eigenvalue weighted by molar-refractivity contribution is -0.368. The van der Waals surface area contributed by atoms with Crippen molar-refractivity contribution >= 4 is 6.29 Å². The molecule has 0 amide bonds.